The Morgan fingerprint density at radius 3 is 3.09 bits per heavy atom. The van der Waals surface area contributed by atoms with E-state index in [4.69, 9.17) is 0 Å². The van der Waals surface area contributed by atoms with Crippen molar-refractivity contribution in [3.8, 4) is 0 Å². The Morgan fingerprint density at radius 1 is 1.36 bits per heavy atom. The average Bonchev–Trinajstić information content (AvgIpc) is 2.59. The molecule has 1 aromatic carbocycles. The van der Waals surface area contributed by atoms with E-state index in [9.17, 15) is 4.79 Å². The van der Waals surface area contributed by atoms with Crippen molar-refractivity contribution in [1.82, 2.24) is 15.2 Å². The van der Waals surface area contributed by atoms with Crippen LogP contribution in [0.5, 0.6) is 0 Å². The van der Waals surface area contributed by atoms with E-state index >= 15 is 0 Å². The quantitative estimate of drug-likeness (QED) is 0.885. The molecule has 1 unspecified atom stereocenters. The summed E-state index contributed by atoms with van der Waals surface area (Å²) in [6, 6.07) is 10.4. The summed E-state index contributed by atoms with van der Waals surface area (Å²) in [4.78, 5) is 18.7. The smallest absolute Gasteiger partial charge is 0.246 e. The first kappa shape index (κ1) is 14.7. The van der Waals surface area contributed by atoms with Gasteiger partial charge in [0.15, 0.2) is 0 Å². The van der Waals surface area contributed by atoms with Crippen molar-refractivity contribution in [2.45, 2.75) is 18.9 Å². The number of likely N-dealkylation sites (N-methyl/N-ethyl adjacent to an activating group) is 1. The number of piperidine rings is 1. The number of nitrogens with zero attached hydrogens (tertiary/aromatic N) is 2. The third kappa shape index (κ3) is 3.17. The number of rotatable bonds is 3. The molecule has 3 rings (SSSR count). The molecule has 1 aromatic heterocycles. The van der Waals surface area contributed by atoms with Gasteiger partial charge in [-0.05, 0) is 32.0 Å². The number of aromatic nitrogens is 1. The van der Waals surface area contributed by atoms with Crippen LogP contribution < -0.4 is 5.32 Å². The summed E-state index contributed by atoms with van der Waals surface area (Å²) < 4.78 is 0. The van der Waals surface area contributed by atoms with Crippen LogP contribution in [0.1, 0.15) is 18.4 Å². The zero-order valence-electron chi connectivity index (χ0n) is 12.8. The minimum Gasteiger partial charge on any atom is -0.338 e. The Kier molecular flexibility index (Phi) is 4.49. The number of likely N-dealkylation sites (tertiary alicyclic amines) is 1. The van der Waals surface area contributed by atoms with Gasteiger partial charge in [0.05, 0.1) is 5.52 Å². The number of carbonyl (C=O) groups excluding carboxylic acids is 1. The highest BCUT2D eigenvalue weighted by atomic mass is 16.2. The lowest BCUT2D eigenvalue weighted by Gasteiger charge is -2.31. The molecule has 1 saturated heterocycles. The van der Waals surface area contributed by atoms with Gasteiger partial charge in [-0.1, -0.05) is 24.3 Å². The Labute approximate surface area is 130 Å². The zero-order valence-corrected chi connectivity index (χ0v) is 12.8. The number of pyridine rings is 1. The summed E-state index contributed by atoms with van der Waals surface area (Å²) in [5.74, 6) is 0.0767. The molecular formula is C18H21N3O. The molecule has 1 atom stereocenters. The maximum absolute atomic E-state index is 12.4. The van der Waals surface area contributed by atoms with Crippen LogP contribution in [0.25, 0.3) is 17.0 Å². The highest BCUT2D eigenvalue weighted by Gasteiger charge is 2.20. The lowest BCUT2D eigenvalue weighted by atomic mass is 10.1. The lowest BCUT2D eigenvalue weighted by Crippen LogP contribution is -2.46. The molecule has 22 heavy (non-hydrogen) atoms. The predicted octanol–water partition coefficient (Wildman–Crippen LogP) is 2.46. The van der Waals surface area contributed by atoms with E-state index in [0.29, 0.717) is 6.04 Å². The highest BCUT2D eigenvalue weighted by Crippen LogP contribution is 2.17. The molecule has 0 bridgehead atoms. The molecule has 0 saturated carbocycles. The summed E-state index contributed by atoms with van der Waals surface area (Å²) in [6.07, 6.45) is 7.52. The summed E-state index contributed by atoms with van der Waals surface area (Å²) in [5.41, 5.74) is 1.91. The van der Waals surface area contributed by atoms with Gasteiger partial charge < -0.3 is 10.2 Å². The number of nitrogens with one attached hydrogen (secondary N) is 1. The van der Waals surface area contributed by atoms with Gasteiger partial charge in [-0.25, -0.2) is 0 Å². The molecule has 4 heteroatoms. The minimum absolute atomic E-state index is 0.0767. The topological polar surface area (TPSA) is 45.2 Å². The fourth-order valence-electron chi connectivity index (χ4n) is 2.94. The third-order valence-corrected chi connectivity index (χ3v) is 4.21. The molecule has 1 aliphatic heterocycles. The van der Waals surface area contributed by atoms with Crippen molar-refractivity contribution >= 4 is 22.9 Å². The number of amides is 1. The molecule has 1 fully saturated rings. The first-order valence-corrected chi connectivity index (χ1v) is 7.76. The number of fused-ring (bicyclic) bond motifs is 1. The number of hydrogen-bond acceptors (Lipinski definition) is 3. The molecule has 0 aliphatic carbocycles. The second-order valence-corrected chi connectivity index (χ2v) is 5.67. The molecule has 0 spiro atoms. The van der Waals surface area contributed by atoms with Crippen LogP contribution in [0.3, 0.4) is 0 Å². The van der Waals surface area contributed by atoms with Crippen molar-refractivity contribution in [1.29, 1.82) is 0 Å². The van der Waals surface area contributed by atoms with Crippen molar-refractivity contribution in [3.05, 3.63) is 48.2 Å². The third-order valence-electron chi connectivity index (χ3n) is 4.21. The second-order valence-electron chi connectivity index (χ2n) is 5.67. The molecular weight excluding hydrogens is 274 g/mol. The molecule has 1 aliphatic rings. The maximum atomic E-state index is 12.4. The van der Waals surface area contributed by atoms with Crippen LogP contribution in [-0.2, 0) is 4.79 Å². The van der Waals surface area contributed by atoms with E-state index in [0.717, 1.165) is 42.4 Å². The fourth-order valence-corrected chi connectivity index (χ4v) is 2.94. The summed E-state index contributed by atoms with van der Waals surface area (Å²) in [5, 5.41) is 4.35. The minimum atomic E-state index is 0.0767. The van der Waals surface area contributed by atoms with Crippen molar-refractivity contribution < 1.29 is 4.79 Å². The first-order chi connectivity index (χ1) is 10.8. The summed E-state index contributed by atoms with van der Waals surface area (Å²) in [6.45, 7) is 1.63. The number of benzene rings is 1. The SMILES string of the molecule is CNC1CCCN(C(=O)/C=C/c2cccc3cccnc23)C1. The monoisotopic (exact) mass is 295 g/mol. The predicted molar refractivity (Wildman–Crippen MR) is 89.4 cm³/mol. The van der Waals surface area contributed by atoms with Crippen LogP contribution >= 0.6 is 0 Å². The van der Waals surface area contributed by atoms with E-state index < -0.39 is 0 Å². The van der Waals surface area contributed by atoms with E-state index in [1.165, 1.54) is 0 Å². The standard InChI is InChI=1S/C18H21N3O/c1-19-16-8-4-12-21(13-16)17(22)10-9-15-6-2-5-14-7-3-11-20-18(14)15/h2-3,5-7,9-11,16,19H,4,8,12-13H2,1H3/b10-9+. The van der Waals surface area contributed by atoms with Crippen LogP contribution in [0.4, 0.5) is 0 Å². The van der Waals surface area contributed by atoms with Crippen molar-refractivity contribution in [3.63, 3.8) is 0 Å². The van der Waals surface area contributed by atoms with E-state index in [1.807, 2.05) is 48.4 Å². The molecule has 1 amide bonds. The van der Waals surface area contributed by atoms with E-state index in [2.05, 4.69) is 10.3 Å². The molecule has 2 aromatic rings. The normalized spacial score (nSPS) is 19.0. The number of para-hydroxylation sites is 1. The fraction of sp³-hybridized carbons (Fsp3) is 0.333. The highest BCUT2D eigenvalue weighted by molar-refractivity contribution is 5.95. The lowest BCUT2D eigenvalue weighted by molar-refractivity contribution is -0.127. The summed E-state index contributed by atoms with van der Waals surface area (Å²) in [7, 11) is 1.95. The van der Waals surface area contributed by atoms with Gasteiger partial charge in [-0.15, -0.1) is 0 Å². The van der Waals surface area contributed by atoms with Gasteiger partial charge in [-0.3, -0.25) is 9.78 Å². The molecule has 1 N–H and O–H groups in total. The zero-order chi connectivity index (χ0) is 15.4. The van der Waals surface area contributed by atoms with Gasteiger partial charge in [0, 0.05) is 42.4 Å². The second kappa shape index (κ2) is 6.71. The Balaban J connectivity index is 1.76. The summed E-state index contributed by atoms with van der Waals surface area (Å²) >= 11 is 0. The Morgan fingerprint density at radius 2 is 2.23 bits per heavy atom. The average molecular weight is 295 g/mol. The molecule has 0 radical (unpaired) electrons. The van der Waals surface area contributed by atoms with Crippen LogP contribution in [0.2, 0.25) is 0 Å². The first-order valence-electron chi connectivity index (χ1n) is 7.76. The van der Waals surface area contributed by atoms with Gasteiger partial charge in [-0.2, -0.15) is 0 Å². The van der Waals surface area contributed by atoms with Crippen molar-refractivity contribution in [2.24, 2.45) is 0 Å². The van der Waals surface area contributed by atoms with E-state index in [-0.39, 0.29) is 5.91 Å². The molecule has 2 heterocycles. The molecule has 114 valence electrons. The van der Waals surface area contributed by atoms with Crippen LogP contribution in [0.15, 0.2) is 42.6 Å². The van der Waals surface area contributed by atoms with E-state index in [1.54, 1.807) is 12.3 Å². The van der Waals surface area contributed by atoms with Gasteiger partial charge in [0.25, 0.3) is 0 Å². The number of carbonyl (C=O) groups is 1. The van der Waals surface area contributed by atoms with Gasteiger partial charge in [0.1, 0.15) is 0 Å². The number of hydrogen-bond donors (Lipinski definition) is 1. The van der Waals surface area contributed by atoms with Gasteiger partial charge in [0.2, 0.25) is 5.91 Å². The van der Waals surface area contributed by atoms with Gasteiger partial charge >= 0.3 is 0 Å². The largest absolute Gasteiger partial charge is 0.338 e. The van der Waals surface area contributed by atoms with Crippen LogP contribution in [-0.4, -0.2) is 42.0 Å². The maximum Gasteiger partial charge on any atom is 0.246 e. The van der Waals surface area contributed by atoms with Crippen LogP contribution in [0, 0.1) is 0 Å². The Hall–Kier alpha value is -2.20. The van der Waals surface area contributed by atoms with Crippen molar-refractivity contribution in [2.75, 3.05) is 20.1 Å². The molecule has 4 nitrogen and oxygen atoms in total. The Bertz CT molecular complexity index is 690.